The molecule has 1 amide bonds. The van der Waals surface area contributed by atoms with Crippen molar-refractivity contribution >= 4 is 56.5 Å². The number of hydrogen-bond donors (Lipinski definition) is 1. The van der Waals surface area contributed by atoms with Crippen LogP contribution in [0.25, 0.3) is 0 Å². The molecule has 2 heterocycles. The highest BCUT2D eigenvalue weighted by atomic mass is 35.5. The summed E-state index contributed by atoms with van der Waals surface area (Å²) in [6, 6.07) is 4.49. The Morgan fingerprint density at radius 2 is 2.07 bits per heavy atom. The van der Waals surface area contributed by atoms with Crippen molar-refractivity contribution in [3.8, 4) is 0 Å². The Morgan fingerprint density at radius 3 is 2.67 bits per heavy atom. The van der Waals surface area contributed by atoms with Gasteiger partial charge in [0.05, 0.1) is 31.6 Å². The molecule has 1 aromatic rings. The molecule has 0 radical (unpaired) electrons. The maximum atomic E-state index is 14.8. The third kappa shape index (κ3) is 5.05. The van der Waals surface area contributed by atoms with Crippen molar-refractivity contribution in [2.75, 3.05) is 61.4 Å². The van der Waals surface area contributed by atoms with Crippen molar-refractivity contribution in [3.05, 3.63) is 24.0 Å². The van der Waals surface area contributed by atoms with Crippen molar-refractivity contribution in [2.45, 2.75) is 6.10 Å². The van der Waals surface area contributed by atoms with E-state index in [1.807, 2.05) is 0 Å². The van der Waals surface area contributed by atoms with Crippen LogP contribution in [-0.2, 0) is 19.5 Å². The lowest BCUT2D eigenvalue weighted by Gasteiger charge is -2.35. The van der Waals surface area contributed by atoms with Gasteiger partial charge in [-0.2, -0.15) is 4.31 Å². The van der Waals surface area contributed by atoms with Gasteiger partial charge in [0.2, 0.25) is 10.0 Å². The van der Waals surface area contributed by atoms with E-state index in [1.54, 1.807) is 17.0 Å². The molecule has 0 aromatic heterocycles. The van der Waals surface area contributed by atoms with Crippen LogP contribution in [-0.4, -0.2) is 81.7 Å². The van der Waals surface area contributed by atoms with Crippen LogP contribution >= 0.6 is 23.8 Å². The van der Waals surface area contributed by atoms with Crippen LogP contribution in [0.2, 0.25) is 0 Å². The van der Waals surface area contributed by atoms with Gasteiger partial charge in [-0.1, -0.05) is 0 Å². The fraction of sp³-hybridized carbons (Fsp3) is 0.529. The number of hydrogen-bond acceptors (Lipinski definition) is 7. The number of alkyl halides is 1. The number of amides is 1. The van der Waals surface area contributed by atoms with Crippen LogP contribution in [0.4, 0.5) is 20.6 Å². The molecule has 9 nitrogen and oxygen atoms in total. The number of thiocarbonyl (C=S) groups is 1. The Balaban J connectivity index is 1.63. The van der Waals surface area contributed by atoms with Gasteiger partial charge in [0.1, 0.15) is 17.1 Å². The molecule has 3 rings (SSSR count). The van der Waals surface area contributed by atoms with Gasteiger partial charge in [0.15, 0.2) is 0 Å². The molecule has 0 unspecified atom stereocenters. The summed E-state index contributed by atoms with van der Waals surface area (Å²) >= 11 is 10.4. The molecule has 1 N–H and O–H groups in total. The van der Waals surface area contributed by atoms with Crippen LogP contribution in [0.3, 0.4) is 0 Å². The number of ether oxygens (including phenoxy) is 2. The highest BCUT2D eigenvalue weighted by Gasteiger charge is 2.33. The maximum Gasteiger partial charge on any atom is 0.414 e. The molecule has 30 heavy (non-hydrogen) atoms. The number of methoxy groups -OCH3 is 1. The van der Waals surface area contributed by atoms with Crippen molar-refractivity contribution in [1.82, 2.24) is 9.62 Å². The summed E-state index contributed by atoms with van der Waals surface area (Å²) in [5, 5.41) is 2.54. The third-order valence-electron chi connectivity index (χ3n) is 4.89. The van der Waals surface area contributed by atoms with E-state index in [4.69, 9.17) is 33.3 Å². The molecular formula is C17H22ClFN4O5S2. The Labute approximate surface area is 184 Å². The van der Waals surface area contributed by atoms with Gasteiger partial charge in [-0.05, 0) is 30.4 Å². The van der Waals surface area contributed by atoms with Gasteiger partial charge >= 0.3 is 6.09 Å². The van der Waals surface area contributed by atoms with Crippen molar-refractivity contribution in [2.24, 2.45) is 0 Å². The molecule has 2 aliphatic heterocycles. The van der Waals surface area contributed by atoms with Crippen molar-refractivity contribution in [1.29, 1.82) is 0 Å². The zero-order valence-electron chi connectivity index (χ0n) is 16.2. The molecule has 13 heteroatoms. The van der Waals surface area contributed by atoms with Crippen molar-refractivity contribution < 1.29 is 27.1 Å². The van der Waals surface area contributed by atoms with E-state index >= 15 is 0 Å². The Bertz CT molecular complexity index is 911. The van der Waals surface area contributed by atoms with Crippen LogP contribution in [0.1, 0.15) is 0 Å². The van der Waals surface area contributed by atoms with Crippen LogP contribution in [0.5, 0.6) is 0 Å². The number of nitrogens with zero attached hydrogens (tertiary/aromatic N) is 3. The van der Waals surface area contributed by atoms with E-state index in [-0.39, 0.29) is 31.4 Å². The van der Waals surface area contributed by atoms with E-state index in [0.29, 0.717) is 24.5 Å². The monoisotopic (exact) mass is 480 g/mol. The van der Waals surface area contributed by atoms with Crippen LogP contribution in [0, 0.1) is 5.82 Å². The standard InChI is InChI=1S/C17H22ClFN4O5S2/c1-27-16(29)20-9-13-10-23(17(24)28-13)12-2-3-15(14(19)8-12)21-4-6-22(7-5-21)30(25,26)11-18/h2-3,8,13H,4-7,9-11H2,1H3,(H,20,29)/t13-/m0/s1. The molecule has 2 fully saturated rings. The summed E-state index contributed by atoms with van der Waals surface area (Å²) in [5.74, 6) is -0.504. The summed E-state index contributed by atoms with van der Waals surface area (Å²) in [7, 11) is -2.05. The van der Waals surface area contributed by atoms with Gasteiger partial charge in [0, 0.05) is 26.2 Å². The zero-order chi connectivity index (χ0) is 21.9. The molecule has 1 atom stereocenters. The lowest BCUT2D eigenvalue weighted by Crippen LogP contribution is -2.49. The van der Waals surface area contributed by atoms with Gasteiger partial charge in [0.25, 0.3) is 5.17 Å². The first-order valence-corrected chi connectivity index (χ1v) is 11.7. The number of carbonyl (C=O) groups excluding carboxylic acids is 1. The van der Waals surface area contributed by atoms with Gasteiger partial charge in [-0.15, -0.1) is 11.6 Å². The number of rotatable bonds is 6. The second-order valence-corrected chi connectivity index (χ2v) is 9.66. The SMILES string of the molecule is COC(=S)NC[C@H]1CN(c2ccc(N3CCN(S(=O)(=O)CCl)CC3)c(F)c2)C(=O)O1. The molecule has 1 aromatic carbocycles. The van der Waals surface area contributed by atoms with E-state index in [1.165, 1.54) is 22.4 Å². The van der Waals surface area contributed by atoms with E-state index in [0.717, 1.165) is 0 Å². The number of piperazine rings is 1. The molecule has 2 aliphatic rings. The first-order valence-electron chi connectivity index (χ1n) is 9.13. The number of sulfonamides is 1. The average Bonchev–Trinajstić information content (AvgIpc) is 3.12. The molecule has 2 saturated heterocycles. The fourth-order valence-corrected chi connectivity index (χ4v) is 4.66. The lowest BCUT2D eigenvalue weighted by atomic mass is 10.2. The average molecular weight is 481 g/mol. The largest absolute Gasteiger partial charge is 0.474 e. The second-order valence-electron chi connectivity index (χ2n) is 6.73. The molecular weight excluding hydrogens is 459 g/mol. The predicted molar refractivity (Wildman–Crippen MR) is 115 cm³/mol. The summed E-state index contributed by atoms with van der Waals surface area (Å²) in [4.78, 5) is 15.3. The predicted octanol–water partition coefficient (Wildman–Crippen LogP) is 1.32. The molecule has 0 bridgehead atoms. The topological polar surface area (TPSA) is 91.4 Å². The third-order valence-corrected chi connectivity index (χ3v) is 7.45. The first kappa shape index (κ1) is 22.8. The normalized spacial score (nSPS) is 20.2. The second kappa shape index (κ2) is 9.50. The van der Waals surface area contributed by atoms with Crippen LogP contribution < -0.4 is 15.1 Å². The highest BCUT2D eigenvalue weighted by molar-refractivity contribution is 7.90. The first-order chi connectivity index (χ1) is 14.2. The molecule has 0 saturated carbocycles. The quantitative estimate of drug-likeness (QED) is 0.481. The Hall–Kier alpha value is -1.89. The number of anilines is 2. The lowest BCUT2D eigenvalue weighted by molar-refractivity contribution is 0.142. The molecule has 166 valence electrons. The van der Waals surface area contributed by atoms with Crippen molar-refractivity contribution in [3.63, 3.8) is 0 Å². The maximum absolute atomic E-state index is 14.8. The minimum atomic E-state index is -3.48. The minimum Gasteiger partial charge on any atom is -0.474 e. The van der Waals surface area contributed by atoms with Gasteiger partial charge < -0.3 is 19.7 Å². The molecule has 0 spiro atoms. The Morgan fingerprint density at radius 1 is 1.37 bits per heavy atom. The van der Waals surface area contributed by atoms with Crippen LogP contribution in [0.15, 0.2) is 18.2 Å². The number of cyclic esters (lactones) is 1. The summed E-state index contributed by atoms with van der Waals surface area (Å²) in [5.41, 5.74) is 0.722. The number of benzene rings is 1. The highest BCUT2D eigenvalue weighted by Crippen LogP contribution is 2.28. The van der Waals surface area contributed by atoms with Gasteiger partial charge in [-0.25, -0.2) is 17.6 Å². The van der Waals surface area contributed by atoms with E-state index < -0.39 is 33.2 Å². The smallest absolute Gasteiger partial charge is 0.414 e. The summed E-state index contributed by atoms with van der Waals surface area (Å²) in [6.07, 6.45) is -1.03. The van der Waals surface area contributed by atoms with E-state index in [2.05, 4.69) is 5.32 Å². The number of carbonyl (C=O) groups is 1. The number of halogens is 2. The fourth-order valence-electron chi connectivity index (χ4n) is 3.30. The summed E-state index contributed by atoms with van der Waals surface area (Å²) in [6.45, 7) is 1.66. The van der Waals surface area contributed by atoms with E-state index in [9.17, 15) is 17.6 Å². The van der Waals surface area contributed by atoms with Gasteiger partial charge in [-0.3, -0.25) is 4.90 Å². The minimum absolute atomic E-state index is 0.193. The Kier molecular flexibility index (Phi) is 7.22. The summed E-state index contributed by atoms with van der Waals surface area (Å²) < 4.78 is 49.9. The number of nitrogens with one attached hydrogen (secondary N) is 1. The zero-order valence-corrected chi connectivity index (χ0v) is 18.6. The molecule has 0 aliphatic carbocycles.